The van der Waals surface area contributed by atoms with Crippen molar-refractivity contribution in [2.75, 3.05) is 0 Å². The Labute approximate surface area is 128 Å². The monoisotopic (exact) mass is 298 g/mol. The van der Waals surface area contributed by atoms with Gasteiger partial charge in [-0.15, -0.1) is 0 Å². The van der Waals surface area contributed by atoms with Gasteiger partial charge in [-0.25, -0.2) is 0 Å². The topological polar surface area (TPSA) is 46.5 Å². The van der Waals surface area contributed by atoms with Crippen LogP contribution in [0.5, 0.6) is 0 Å². The van der Waals surface area contributed by atoms with Gasteiger partial charge in [-0.05, 0) is 44.1 Å². The summed E-state index contributed by atoms with van der Waals surface area (Å²) in [6, 6.07) is 8.40. The van der Waals surface area contributed by atoms with Crippen LogP contribution < -0.4 is 0 Å². The second-order valence-corrected chi connectivity index (χ2v) is 5.46. The lowest BCUT2D eigenvalue weighted by atomic mass is 10.0. The summed E-state index contributed by atoms with van der Waals surface area (Å²) < 4.78 is 2.67. The predicted octanol–water partition coefficient (Wildman–Crippen LogP) is 4.05. The van der Waals surface area contributed by atoms with Gasteiger partial charge < -0.3 is 4.57 Å². The summed E-state index contributed by atoms with van der Waals surface area (Å²) in [7, 11) is 0. The zero-order chi connectivity index (χ0) is 15.0. The number of H-pyrrole nitrogens is 1. The second kappa shape index (κ2) is 5.41. The van der Waals surface area contributed by atoms with E-state index < -0.39 is 0 Å². The van der Waals surface area contributed by atoms with Crippen LogP contribution in [0.1, 0.15) is 25.1 Å². The summed E-state index contributed by atoms with van der Waals surface area (Å²) >= 11 is 5.31. The van der Waals surface area contributed by atoms with E-state index in [4.69, 9.17) is 17.2 Å². The minimum atomic E-state index is 0.654. The Morgan fingerprint density at radius 2 is 2.10 bits per heavy atom. The van der Waals surface area contributed by atoms with Crippen molar-refractivity contribution in [1.82, 2.24) is 19.7 Å². The number of rotatable bonds is 3. The number of para-hydroxylation sites is 1. The molecule has 0 fully saturated rings. The molecular formula is C16H18N4S. The van der Waals surface area contributed by atoms with Gasteiger partial charge in [-0.1, -0.05) is 25.1 Å². The van der Waals surface area contributed by atoms with Crippen LogP contribution >= 0.6 is 12.2 Å². The van der Waals surface area contributed by atoms with Gasteiger partial charge >= 0.3 is 0 Å². The number of nitrogens with one attached hydrogen (secondary N) is 1. The molecule has 0 unspecified atom stereocenters. The van der Waals surface area contributed by atoms with Crippen LogP contribution in [0.25, 0.3) is 22.3 Å². The summed E-state index contributed by atoms with van der Waals surface area (Å²) in [6.45, 7) is 7.04. The molecule has 0 aliphatic heterocycles. The highest BCUT2D eigenvalue weighted by Gasteiger charge is 2.14. The minimum absolute atomic E-state index is 0.654. The number of hydrogen-bond acceptors (Lipinski definition) is 3. The molecule has 2 aromatic heterocycles. The summed E-state index contributed by atoms with van der Waals surface area (Å²) in [5, 5.41) is 8.44. The molecule has 0 aliphatic rings. The van der Waals surface area contributed by atoms with Crippen LogP contribution in [0.4, 0.5) is 0 Å². The van der Waals surface area contributed by atoms with Crippen LogP contribution in [-0.4, -0.2) is 19.7 Å². The van der Waals surface area contributed by atoms with E-state index in [1.165, 1.54) is 5.56 Å². The molecule has 4 nitrogen and oxygen atoms in total. The molecule has 0 radical (unpaired) electrons. The summed E-state index contributed by atoms with van der Waals surface area (Å²) in [5.74, 6) is 0.881. The molecule has 1 aromatic carbocycles. The summed E-state index contributed by atoms with van der Waals surface area (Å²) in [6.07, 6.45) is 0.966. The molecule has 0 amide bonds. The Balaban J connectivity index is 2.40. The number of pyridine rings is 1. The number of aryl methyl sites for hydroxylation is 2. The lowest BCUT2D eigenvalue weighted by molar-refractivity contribution is 0.756. The first-order valence-corrected chi connectivity index (χ1v) is 7.61. The molecule has 3 aromatic rings. The van der Waals surface area contributed by atoms with Gasteiger partial charge in [0, 0.05) is 23.2 Å². The van der Waals surface area contributed by atoms with Gasteiger partial charge in [0.2, 0.25) is 0 Å². The van der Waals surface area contributed by atoms with Crippen molar-refractivity contribution in [1.29, 1.82) is 0 Å². The smallest absolute Gasteiger partial charge is 0.195 e. The average molecular weight is 298 g/mol. The van der Waals surface area contributed by atoms with Crippen LogP contribution in [0.2, 0.25) is 0 Å². The fraction of sp³-hybridized carbons (Fsp3) is 0.312. The first kappa shape index (κ1) is 13.9. The maximum absolute atomic E-state index is 5.31. The van der Waals surface area contributed by atoms with E-state index in [1.54, 1.807) is 0 Å². The highest BCUT2D eigenvalue weighted by atomic mass is 32.1. The van der Waals surface area contributed by atoms with Crippen molar-refractivity contribution in [3.05, 3.63) is 40.3 Å². The van der Waals surface area contributed by atoms with E-state index in [-0.39, 0.29) is 0 Å². The molecule has 108 valence electrons. The normalized spacial score (nSPS) is 11.2. The Morgan fingerprint density at radius 3 is 2.81 bits per heavy atom. The SMILES string of the molecule is CCc1cccc2c(-c3n[nH]c(=S)n3CC)cc(C)nc12. The minimum Gasteiger partial charge on any atom is -0.300 e. The van der Waals surface area contributed by atoms with Gasteiger partial charge in [-0.2, -0.15) is 5.10 Å². The average Bonchev–Trinajstić information content (AvgIpc) is 2.86. The van der Waals surface area contributed by atoms with Gasteiger partial charge in [-0.3, -0.25) is 10.1 Å². The molecule has 1 N–H and O–H groups in total. The number of benzene rings is 1. The fourth-order valence-electron chi connectivity index (χ4n) is 2.72. The number of fused-ring (bicyclic) bond motifs is 1. The van der Waals surface area contributed by atoms with E-state index in [1.807, 2.05) is 11.5 Å². The van der Waals surface area contributed by atoms with Gasteiger partial charge in [0.25, 0.3) is 0 Å². The number of aromatic nitrogens is 4. The molecule has 0 spiro atoms. The van der Waals surface area contributed by atoms with Crippen LogP contribution in [0.15, 0.2) is 24.3 Å². The van der Waals surface area contributed by atoms with Crippen molar-refractivity contribution >= 4 is 23.1 Å². The molecule has 0 saturated carbocycles. The lowest BCUT2D eigenvalue weighted by Gasteiger charge is -2.11. The molecule has 21 heavy (non-hydrogen) atoms. The Morgan fingerprint density at radius 1 is 1.29 bits per heavy atom. The number of hydrogen-bond donors (Lipinski definition) is 1. The highest BCUT2D eigenvalue weighted by molar-refractivity contribution is 7.71. The lowest BCUT2D eigenvalue weighted by Crippen LogP contribution is -2.00. The molecular weight excluding hydrogens is 280 g/mol. The number of aromatic amines is 1. The van der Waals surface area contributed by atoms with Crippen molar-refractivity contribution in [2.45, 2.75) is 33.7 Å². The summed E-state index contributed by atoms with van der Waals surface area (Å²) in [5.41, 5.74) is 4.40. The first-order valence-electron chi connectivity index (χ1n) is 7.20. The van der Waals surface area contributed by atoms with Crippen molar-refractivity contribution in [2.24, 2.45) is 0 Å². The first-order chi connectivity index (χ1) is 10.2. The van der Waals surface area contributed by atoms with Gasteiger partial charge in [0.15, 0.2) is 10.6 Å². The zero-order valence-corrected chi connectivity index (χ0v) is 13.3. The third kappa shape index (κ3) is 2.27. The maximum atomic E-state index is 5.31. The predicted molar refractivity (Wildman–Crippen MR) is 87.9 cm³/mol. The van der Waals surface area contributed by atoms with Crippen LogP contribution in [0, 0.1) is 11.7 Å². The van der Waals surface area contributed by atoms with E-state index in [9.17, 15) is 0 Å². The van der Waals surface area contributed by atoms with E-state index >= 15 is 0 Å². The fourth-order valence-corrected chi connectivity index (χ4v) is 2.98. The largest absolute Gasteiger partial charge is 0.300 e. The van der Waals surface area contributed by atoms with E-state index in [0.29, 0.717) is 4.77 Å². The van der Waals surface area contributed by atoms with E-state index in [2.05, 4.69) is 48.3 Å². The van der Waals surface area contributed by atoms with Crippen LogP contribution in [-0.2, 0) is 13.0 Å². The van der Waals surface area contributed by atoms with E-state index in [0.717, 1.165) is 41.0 Å². The van der Waals surface area contributed by atoms with Crippen LogP contribution in [0.3, 0.4) is 0 Å². The van der Waals surface area contributed by atoms with Crippen molar-refractivity contribution in [3.8, 4) is 11.4 Å². The second-order valence-electron chi connectivity index (χ2n) is 5.07. The molecule has 2 heterocycles. The van der Waals surface area contributed by atoms with Gasteiger partial charge in [0.05, 0.1) is 5.52 Å². The Bertz CT molecular complexity index is 860. The molecule has 3 rings (SSSR count). The van der Waals surface area contributed by atoms with Gasteiger partial charge in [0.1, 0.15) is 0 Å². The van der Waals surface area contributed by atoms with Crippen molar-refractivity contribution < 1.29 is 0 Å². The molecule has 0 atom stereocenters. The molecule has 0 aliphatic carbocycles. The molecule has 0 bridgehead atoms. The highest BCUT2D eigenvalue weighted by Crippen LogP contribution is 2.29. The molecule has 0 saturated heterocycles. The Hall–Kier alpha value is -2.01. The number of nitrogens with zero attached hydrogens (tertiary/aromatic N) is 3. The third-order valence-electron chi connectivity index (χ3n) is 3.75. The third-order valence-corrected chi connectivity index (χ3v) is 4.06. The maximum Gasteiger partial charge on any atom is 0.195 e. The summed E-state index contributed by atoms with van der Waals surface area (Å²) in [4.78, 5) is 4.72. The molecule has 5 heteroatoms. The van der Waals surface area contributed by atoms with Crippen molar-refractivity contribution in [3.63, 3.8) is 0 Å². The zero-order valence-electron chi connectivity index (χ0n) is 12.5. The quantitative estimate of drug-likeness (QED) is 0.742. The Kier molecular flexibility index (Phi) is 3.59. The standard InChI is InChI=1S/C16H18N4S/c1-4-11-7-6-8-12-13(9-10(3)17-14(11)12)15-18-19-16(21)20(15)5-2/h6-9H,4-5H2,1-3H3,(H,19,21).